The van der Waals surface area contributed by atoms with Gasteiger partial charge in [-0.1, -0.05) is 29.4 Å². The molecule has 0 unspecified atom stereocenters. The van der Waals surface area contributed by atoms with Gasteiger partial charge in [0.25, 0.3) is 0 Å². The Morgan fingerprint density at radius 2 is 1.80 bits per heavy atom. The van der Waals surface area contributed by atoms with Gasteiger partial charge >= 0.3 is 0 Å². The zero-order valence-electron chi connectivity index (χ0n) is 8.27. The Hall–Kier alpha value is -0.990. The highest BCUT2D eigenvalue weighted by Gasteiger charge is 1.98. The molecule has 0 radical (unpaired) electrons. The number of pyridine rings is 1. The topological polar surface area (TPSA) is 12.9 Å². The second kappa shape index (κ2) is 4.69. The SMILES string of the molecule is Cc1ccc(Sc2ccc(Cl)cc2)nc1. The molecule has 0 fully saturated rings. The number of hydrogen-bond acceptors (Lipinski definition) is 2. The largest absolute Gasteiger partial charge is 0.249 e. The van der Waals surface area contributed by atoms with E-state index < -0.39 is 0 Å². The van der Waals surface area contributed by atoms with Gasteiger partial charge in [0.2, 0.25) is 0 Å². The minimum absolute atomic E-state index is 0.760. The summed E-state index contributed by atoms with van der Waals surface area (Å²) in [5, 5.41) is 1.76. The maximum absolute atomic E-state index is 5.81. The van der Waals surface area contributed by atoms with Crippen molar-refractivity contribution in [2.75, 3.05) is 0 Å². The summed E-state index contributed by atoms with van der Waals surface area (Å²) in [6.07, 6.45) is 1.87. The fourth-order valence-corrected chi connectivity index (χ4v) is 2.02. The summed E-state index contributed by atoms with van der Waals surface area (Å²) < 4.78 is 0. The van der Waals surface area contributed by atoms with Gasteiger partial charge < -0.3 is 0 Å². The average molecular weight is 236 g/mol. The molecule has 0 saturated heterocycles. The van der Waals surface area contributed by atoms with Crippen LogP contribution in [0.3, 0.4) is 0 Å². The van der Waals surface area contributed by atoms with Crippen LogP contribution < -0.4 is 0 Å². The highest BCUT2D eigenvalue weighted by molar-refractivity contribution is 7.99. The van der Waals surface area contributed by atoms with Crippen LogP contribution in [0.5, 0.6) is 0 Å². The molecule has 0 N–H and O–H groups in total. The van der Waals surface area contributed by atoms with Gasteiger partial charge in [0.15, 0.2) is 0 Å². The first-order valence-corrected chi connectivity index (χ1v) is 5.79. The summed E-state index contributed by atoms with van der Waals surface area (Å²) in [5.41, 5.74) is 1.18. The fourth-order valence-electron chi connectivity index (χ4n) is 1.14. The van der Waals surface area contributed by atoms with Crippen molar-refractivity contribution in [1.82, 2.24) is 4.98 Å². The van der Waals surface area contributed by atoms with Gasteiger partial charge in [-0.05, 0) is 42.8 Å². The van der Waals surface area contributed by atoms with Crippen LogP contribution in [0.1, 0.15) is 5.56 Å². The van der Waals surface area contributed by atoms with Crippen LogP contribution in [0.4, 0.5) is 0 Å². The number of aryl methyl sites for hydroxylation is 1. The number of rotatable bonds is 2. The van der Waals surface area contributed by atoms with Crippen LogP contribution in [0.15, 0.2) is 52.5 Å². The summed E-state index contributed by atoms with van der Waals surface area (Å²) in [6, 6.07) is 11.8. The van der Waals surface area contributed by atoms with Crippen molar-refractivity contribution < 1.29 is 0 Å². The van der Waals surface area contributed by atoms with E-state index in [1.54, 1.807) is 11.8 Å². The summed E-state index contributed by atoms with van der Waals surface area (Å²) in [7, 11) is 0. The van der Waals surface area contributed by atoms with Gasteiger partial charge in [0.05, 0.1) is 0 Å². The average Bonchev–Trinajstić information content (AvgIpc) is 2.25. The molecule has 0 saturated carbocycles. The molecular formula is C12H10ClNS. The molecule has 1 aromatic heterocycles. The molecule has 2 aromatic rings. The second-order valence-corrected chi connectivity index (χ2v) is 4.76. The van der Waals surface area contributed by atoms with Gasteiger partial charge in [0.1, 0.15) is 5.03 Å². The molecule has 0 atom stereocenters. The number of hydrogen-bond donors (Lipinski definition) is 0. The van der Waals surface area contributed by atoms with Gasteiger partial charge in [-0.2, -0.15) is 0 Å². The molecule has 15 heavy (non-hydrogen) atoms. The highest BCUT2D eigenvalue weighted by atomic mass is 35.5. The minimum Gasteiger partial charge on any atom is -0.249 e. The predicted octanol–water partition coefficient (Wildman–Crippen LogP) is 4.19. The molecule has 1 aromatic carbocycles. The standard InChI is InChI=1S/C12H10ClNS/c1-9-2-7-12(14-8-9)15-11-5-3-10(13)4-6-11/h2-8H,1H3. The summed E-state index contributed by atoms with van der Waals surface area (Å²) >= 11 is 7.45. The molecule has 0 bridgehead atoms. The smallest absolute Gasteiger partial charge is 0.101 e. The molecule has 76 valence electrons. The van der Waals surface area contributed by atoms with E-state index in [0.717, 1.165) is 14.9 Å². The van der Waals surface area contributed by atoms with E-state index >= 15 is 0 Å². The second-order valence-electron chi connectivity index (χ2n) is 3.23. The molecule has 1 nitrogen and oxygen atoms in total. The lowest BCUT2D eigenvalue weighted by Gasteiger charge is -2.00. The third kappa shape index (κ3) is 2.98. The first kappa shape index (κ1) is 10.5. The summed E-state index contributed by atoms with van der Waals surface area (Å²) in [6.45, 7) is 2.03. The minimum atomic E-state index is 0.760. The van der Waals surface area contributed by atoms with Gasteiger partial charge in [-0.25, -0.2) is 4.98 Å². The molecule has 1 heterocycles. The summed E-state index contributed by atoms with van der Waals surface area (Å²) in [4.78, 5) is 5.47. The molecule has 0 aliphatic heterocycles. The monoisotopic (exact) mass is 235 g/mol. The van der Waals surface area contributed by atoms with Crippen LogP contribution in [-0.2, 0) is 0 Å². The van der Waals surface area contributed by atoms with Crippen LogP contribution in [-0.4, -0.2) is 4.98 Å². The van der Waals surface area contributed by atoms with E-state index in [4.69, 9.17) is 11.6 Å². The zero-order valence-corrected chi connectivity index (χ0v) is 9.85. The third-order valence-electron chi connectivity index (χ3n) is 1.92. The highest BCUT2D eigenvalue weighted by Crippen LogP contribution is 2.26. The van der Waals surface area contributed by atoms with E-state index in [1.165, 1.54) is 5.56 Å². The first-order chi connectivity index (χ1) is 7.24. The maximum atomic E-state index is 5.81. The van der Waals surface area contributed by atoms with E-state index in [-0.39, 0.29) is 0 Å². The van der Waals surface area contributed by atoms with Crippen molar-refractivity contribution in [3.05, 3.63) is 53.2 Å². The van der Waals surface area contributed by atoms with Gasteiger partial charge in [0, 0.05) is 16.1 Å². The number of aromatic nitrogens is 1. The first-order valence-electron chi connectivity index (χ1n) is 4.60. The van der Waals surface area contributed by atoms with Crippen molar-refractivity contribution in [1.29, 1.82) is 0 Å². The Labute approximate surface area is 98.5 Å². The zero-order chi connectivity index (χ0) is 10.7. The van der Waals surface area contributed by atoms with Crippen molar-refractivity contribution in [2.45, 2.75) is 16.8 Å². The van der Waals surface area contributed by atoms with Crippen LogP contribution in [0, 0.1) is 6.92 Å². The van der Waals surface area contributed by atoms with Crippen LogP contribution in [0.2, 0.25) is 5.02 Å². The molecule has 0 spiro atoms. The fraction of sp³-hybridized carbons (Fsp3) is 0.0833. The molecule has 3 heteroatoms. The van der Waals surface area contributed by atoms with E-state index in [9.17, 15) is 0 Å². The Bertz CT molecular complexity index is 393. The third-order valence-corrected chi connectivity index (χ3v) is 3.13. The van der Waals surface area contributed by atoms with Gasteiger partial charge in [-0.15, -0.1) is 0 Å². The lowest BCUT2D eigenvalue weighted by atomic mass is 10.3. The van der Waals surface area contributed by atoms with Crippen molar-refractivity contribution in [3.63, 3.8) is 0 Å². The molecular weight excluding hydrogens is 226 g/mol. The quantitative estimate of drug-likeness (QED) is 0.774. The number of benzene rings is 1. The van der Waals surface area contributed by atoms with Crippen molar-refractivity contribution in [3.8, 4) is 0 Å². The van der Waals surface area contributed by atoms with Crippen molar-refractivity contribution >= 4 is 23.4 Å². The predicted molar refractivity (Wildman–Crippen MR) is 64.5 cm³/mol. The van der Waals surface area contributed by atoms with E-state index in [1.807, 2.05) is 43.5 Å². The van der Waals surface area contributed by atoms with Gasteiger partial charge in [-0.3, -0.25) is 0 Å². The summed E-state index contributed by atoms with van der Waals surface area (Å²) in [5.74, 6) is 0. The Morgan fingerprint density at radius 3 is 2.40 bits per heavy atom. The molecule has 0 aliphatic carbocycles. The lowest BCUT2D eigenvalue weighted by molar-refractivity contribution is 1.11. The van der Waals surface area contributed by atoms with Crippen LogP contribution in [0.25, 0.3) is 0 Å². The van der Waals surface area contributed by atoms with E-state index in [0.29, 0.717) is 0 Å². The van der Waals surface area contributed by atoms with Crippen molar-refractivity contribution in [2.24, 2.45) is 0 Å². The normalized spacial score (nSPS) is 10.3. The molecule has 0 amide bonds. The van der Waals surface area contributed by atoms with Crippen LogP contribution >= 0.6 is 23.4 Å². The van der Waals surface area contributed by atoms with E-state index in [2.05, 4.69) is 11.1 Å². The Balaban J connectivity index is 2.15. The Kier molecular flexibility index (Phi) is 3.29. The molecule has 2 rings (SSSR count). The number of halogens is 1. The lowest BCUT2D eigenvalue weighted by Crippen LogP contribution is -1.80. The molecule has 0 aliphatic rings. The Morgan fingerprint density at radius 1 is 1.07 bits per heavy atom. The maximum Gasteiger partial charge on any atom is 0.101 e. The number of nitrogens with zero attached hydrogens (tertiary/aromatic N) is 1.